The van der Waals surface area contributed by atoms with E-state index in [-0.39, 0.29) is 29.3 Å². The summed E-state index contributed by atoms with van der Waals surface area (Å²) in [6, 6.07) is 13.2. The van der Waals surface area contributed by atoms with Crippen LogP contribution in [-0.4, -0.2) is 22.8 Å². The molecule has 1 saturated heterocycles. The number of aromatic carboxylic acids is 1. The number of carbonyl (C=O) groups is 1. The van der Waals surface area contributed by atoms with Crippen LogP contribution in [-0.2, 0) is 4.74 Å². The molecule has 0 spiro atoms. The molecule has 1 N–H and O–H groups in total. The molecule has 164 valence electrons. The van der Waals surface area contributed by atoms with E-state index in [0.29, 0.717) is 5.56 Å². The minimum Gasteiger partial charge on any atom is -0.486 e. The molecule has 2 aromatic carbocycles. The average Bonchev–Trinajstić information content (AvgIpc) is 2.73. The Balaban J connectivity index is 1.83. The predicted octanol–water partition coefficient (Wildman–Crippen LogP) is 6.81. The molecule has 0 bridgehead atoms. The van der Waals surface area contributed by atoms with E-state index < -0.39 is 5.97 Å². The second-order valence-corrected chi connectivity index (χ2v) is 9.36. The summed E-state index contributed by atoms with van der Waals surface area (Å²) in [5.74, 6) is 0.105. The monoisotopic (exact) mass is 420 g/mol. The zero-order valence-electron chi connectivity index (χ0n) is 18.9. The molecule has 4 nitrogen and oxygen atoms in total. The van der Waals surface area contributed by atoms with Crippen LogP contribution in [0.15, 0.2) is 54.1 Å². The number of benzene rings is 2. The SMILES string of the molecule is CC(C)=CCC[C@]1(C)Oc2c(-c3ccccc3C(=O)O)cccc2[C@@H]2O[C@H](C)CC[C@H]21. The number of rotatable bonds is 5. The van der Waals surface area contributed by atoms with Gasteiger partial charge in [-0.05, 0) is 65.0 Å². The number of hydrogen-bond donors (Lipinski definition) is 1. The van der Waals surface area contributed by atoms with Crippen LogP contribution in [0.2, 0.25) is 0 Å². The molecule has 2 aliphatic rings. The highest BCUT2D eigenvalue weighted by molar-refractivity contribution is 5.97. The van der Waals surface area contributed by atoms with Crippen LogP contribution in [0.4, 0.5) is 0 Å². The molecule has 0 unspecified atom stereocenters. The maximum absolute atomic E-state index is 11.9. The Bertz CT molecular complexity index is 1000. The first kappa shape index (κ1) is 21.6. The van der Waals surface area contributed by atoms with E-state index in [2.05, 4.69) is 39.8 Å². The third-order valence-electron chi connectivity index (χ3n) is 6.74. The van der Waals surface area contributed by atoms with Gasteiger partial charge in [-0.15, -0.1) is 0 Å². The highest BCUT2D eigenvalue weighted by Gasteiger charge is 2.49. The van der Waals surface area contributed by atoms with Gasteiger partial charge in [0.2, 0.25) is 0 Å². The molecule has 4 rings (SSSR count). The van der Waals surface area contributed by atoms with Gasteiger partial charge in [-0.25, -0.2) is 4.79 Å². The molecule has 4 heteroatoms. The normalized spacial score (nSPS) is 26.9. The topological polar surface area (TPSA) is 55.8 Å². The molecule has 2 heterocycles. The summed E-state index contributed by atoms with van der Waals surface area (Å²) in [7, 11) is 0. The van der Waals surface area contributed by atoms with Gasteiger partial charge in [-0.1, -0.05) is 48.0 Å². The van der Waals surface area contributed by atoms with Crippen molar-refractivity contribution in [1.29, 1.82) is 0 Å². The Morgan fingerprint density at radius 1 is 1.13 bits per heavy atom. The lowest BCUT2D eigenvalue weighted by atomic mass is 9.72. The molecule has 0 saturated carbocycles. The number of fused-ring (bicyclic) bond motifs is 3. The maximum Gasteiger partial charge on any atom is 0.336 e. The van der Waals surface area contributed by atoms with Crippen molar-refractivity contribution in [2.75, 3.05) is 0 Å². The summed E-state index contributed by atoms with van der Waals surface area (Å²) in [5.41, 5.74) is 3.75. The molecule has 0 aliphatic carbocycles. The standard InChI is InChI=1S/C27H32O4/c1-17(2)9-8-16-27(4)23-15-14-18(3)30-25(23)22-13-7-12-20(24(22)31-27)19-10-5-6-11-21(19)26(28)29/h5-7,9-13,18,23,25H,8,14-16H2,1-4H3,(H,28,29)/t18-,23-,25+,27+/m1/s1. The minimum atomic E-state index is -0.934. The van der Waals surface area contributed by atoms with Crippen molar-refractivity contribution in [3.63, 3.8) is 0 Å². The van der Waals surface area contributed by atoms with Crippen LogP contribution >= 0.6 is 0 Å². The first-order chi connectivity index (χ1) is 14.8. The third kappa shape index (κ3) is 4.14. The number of hydrogen-bond acceptors (Lipinski definition) is 3. The second-order valence-electron chi connectivity index (χ2n) is 9.36. The van der Waals surface area contributed by atoms with Crippen molar-refractivity contribution in [3.8, 4) is 16.9 Å². The largest absolute Gasteiger partial charge is 0.486 e. The van der Waals surface area contributed by atoms with E-state index in [9.17, 15) is 9.90 Å². The Labute approximate surface area is 184 Å². The minimum absolute atomic E-state index is 0.0406. The molecule has 31 heavy (non-hydrogen) atoms. The zero-order valence-corrected chi connectivity index (χ0v) is 18.9. The summed E-state index contributed by atoms with van der Waals surface area (Å²) in [6.07, 6.45) is 6.35. The van der Waals surface area contributed by atoms with Gasteiger partial charge >= 0.3 is 5.97 Å². The Morgan fingerprint density at radius 3 is 2.61 bits per heavy atom. The lowest BCUT2D eigenvalue weighted by Gasteiger charge is -2.50. The molecule has 0 amide bonds. The van der Waals surface area contributed by atoms with E-state index >= 15 is 0 Å². The van der Waals surface area contributed by atoms with E-state index in [4.69, 9.17) is 9.47 Å². The lowest BCUT2D eigenvalue weighted by Crippen LogP contribution is -2.50. The zero-order chi connectivity index (χ0) is 22.2. The molecule has 4 atom stereocenters. The Morgan fingerprint density at radius 2 is 1.87 bits per heavy atom. The van der Waals surface area contributed by atoms with Crippen LogP contribution in [0.25, 0.3) is 11.1 Å². The number of ether oxygens (including phenoxy) is 2. The smallest absolute Gasteiger partial charge is 0.336 e. The third-order valence-corrected chi connectivity index (χ3v) is 6.74. The van der Waals surface area contributed by atoms with Gasteiger partial charge in [0.15, 0.2) is 0 Å². The van der Waals surface area contributed by atoms with Crippen LogP contribution in [0.3, 0.4) is 0 Å². The van der Waals surface area contributed by atoms with E-state index in [0.717, 1.165) is 42.6 Å². The van der Waals surface area contributed by atoms with Gasteiger partial charge in [0.1, 0.15) is 11.4 Å². The van der Waals surface area contributed by atoms with Crippen molar-refractivity contribution < 1.29 is 19.4 Å². The van der Waals surface area contributed by atoms with Gasteiger partial charge in [0, 0.05) is 17.0 Å². The molecule has 0 aromatic heterocycles. The average molecular weight is 421 g/mol. The molecule has 2 aromatic rings. The number of allylic oxidation sites excluding steroid dienone is 2. The Hall–Kier alpha value is -2.59. The molecule has 0 radical (unpaired) electrons. The van der Waals surface area contributed by atoms with Gasteiger partial charge in [0.25, 0.3) is 0 Å². The van der Waals surface area contributed by atoms with Crippen LogP contribution < -0.4 is 4.74 Å². The van der Waals surface area contributed by atoms with Crippen LogP contribution in [0.1, 0.15) is 75.4 Å². The lowest BCUT2D eigenvalue weighted by molar-refractivity contribution is -0.151. The van der Waals surface area contributed by atoms with Crippen LogP contribution in [0, 0.1) is 5.92 Å². The molecule has 2 aliphatic heterocycles. The number of carboxylic acids is 1. The number of carboxylic acid groups (broad SMARTS) is 1. The summed E-state index contributed by atoms with van der Waals surface area (Å²) >= 11 is 0. The fourth-order valence-corrected chi connectivity index (χ4v) is 5.10. The highest BCUT2D eigenvalue weighted by Crippen LogP contribution is 2.54. The van der Waals surface area contributed by atoms with Crippen molar-refractivity contribution in [1.82, 2.24) is 0 Å². The first-order valence-electron chi connectivity index (χ1n) is 11.2. The summed E-state index contributed by atoms with van der Waals surface area (Å²) < 4.78 is 13.3. The molecular weight excluding hydrogens is 388 g/mol. The van der Waals surface area contributed by atoms with Gasteiger partial charge < -0.3 is 14.6 Å². The predicted molar refractivity (Wildman–Crippen MR) is 123 cm³/mol. The van der Waals surface area contributed by atoms with Crippen molar-refractivity contribution in [2.45, 2.75) is 71.2 Å². The summed E-state index contributed by atoms with van der Waals surface area (Å²) in [6.45, 7) is 8.57. The van der Waals surface area contributed by atoms with Gasteiger partial charge in [0.05, 0.1) is 17.8 Å². The number of para-hydroxylation sites is 1. The van der Waals surface area contributed by atoms with Gasteiger partial charge in [-0.3, -0.25) is 0 Å². The van der Waals surface area contributed by atoms with Crippen molar-refractivity contribution in [2.24, 2.45) is 5.92 Å². The van der Waals surface area contributed by atoms with Crippen LogP contribution in [0.5, 0.6) is 5.75 Å². The summed E-state index contributed by atoms with van der Waals surface area (Å²) in [4.78, 5) is 11.9. The highest BCUT2D eigenvalue weighted by atomic mass is 16.5. The molecular formula is C27H32O4. The van der Waals surface area contributed by atoms with Crippen molar-refractivity contribution >= 4 is 5.97 Å². The maximum atomic E-state index is 11.9. The Kier molecular flexibility index (Phi) is 5.94. The second kappa shape index (κ2) is 8.51. The fourth-order valence-electron chi connectivity index (χ4n) is 5.10. The fraction of sp³-hybridized carbons (Fsp3) is 0.444. The van der Waals surface area contributed by atoms with Gasteiger partial charge in [-0.2, -0.15) is 0 Å². The molecule has 1 fully saturated rings. The van der Waals surface area contributed by atoms with Crippen molar-refractivity contribution in [3.05, 3.63) is 65.2 Å². The summed E-state index contributed by atoms with van der Waals surface area (Å²) in [5, 5.41) is 9.75. The van der Waals surface area contributed by atoms with E-state index in [1.54, 1.807) is 12.1 Å². The van der Waals surface area contributed by atoms with E-state index in [1.165, 1.54) is 5.57 Å². The first-order valence-corrected chi connectivity index (χ1v) is 11.2. The van der Waals surface area contributed by atoms with E-state index in [1.807, 2.05) is 24.3 Å². The quantitative estimate of drug-likeness (QED) is 0.540.